The van der Waals surface area contributed by atoms with Crippen LogP contribution in [0.1, 0.15) is 42.4 Å². The van der Waals surface area contributed by atoms with E-state index in [0.717, 1.165) is 11.3 Å². The second-order valence-electron chi connectivity index (χ2n) is 6.33. The van der Waals surface area contributed by atoms with E-state index in [1.54, 1.807) is 0 Å². The Balaban J connectivity index is 1.72. The Morgan fingerprint density at radius 1 is 1.42 bits per heavy atom. The molecule has 126 valence electrons. The summed E-state index contributed by atoms with van der Waals surface area (Å²) in [4.78, 5) is 23.1. The molecule has 0 radical (unpaired) electrons. The van der Waals surface area contributed by atoms with E-state index in [1.807, 2.05) is 38.1 Å². The summed E-state index contributed by atoms with van der Waals surface area (Å²) in [7, 11) is 0. The molecule has 0 bridgehead atoms. The highest BCUT2D eigenvalue weighted by Gasteiger charge is 2.34. The summed E-state index contributed by atoms with van der Waals surface area (Å²) in [6.07, 6.45) is 1.86. The first-order valence-electron chi connectivity index (χ1n) is 7.55. The van der Waals surface area contributed by atoms with Crippen molar-refractivity contribution in [3.05, 3.63) is 41.7 Å². The van der Waals surface area contributed by atoms with Gasteiger partial charge in [0.15, 0.2) is 5.69 Å². The Bertz CT molecular complexity index is 784. The second-order valence-corrected chi connectivity index (χ2v) is 6.33. The SMILES string of the molecule is CC1(C)CC(NC(=O)Cn2cc(C(=O)O)nn2)c2ccccc2O1. The monoisotopic (exact) mass is 330 g/mol. The quantitative estimate of drug-likeness (QED) is 0.877. The van der Waals surface area contributed by atoms with Gasteiger partial charge in [-0.2, -0.15) is 0 Å². The molecule has 8 heteroatoms. The van der Waals surface area contributed by atoms with Gasteiger partial charge in [0, 0.05) is 12.0 Å². The topological polar surface area (TPSA) is 106 Å². The molecule has 1 aromatic heterocycles. The number of rotatable bonds is 4. The summed E-state index contributed by atoms with van der Waals surface area (Å²) in [5.41, 5.74) is 0.339. The zero-order valence-corrected chi connectivity index (χ0v) is 13.4. The minimum Gasteiger partial charge on any atom is -0.487 e. The average molecular weight is 330 g/mol. The summed E-state index contributed by atoms with van der Waals surface area (Å²) in [5, 5.41) is 18.9. The van der Waals surface area contributed by atoms with Gasteiger partial charge in [-0.3, -0.25) is 4.79 Å². The molecule has 1 atom stereocenters. The molecule has 1 amide bonds. The lowest BCUT2D eigenvalue weighted by Gasteiger charge is -2.37. The zero-order chi connectivity index (χ0) is 17.3. The molecule has 3 rings (SSSR count). The number of carbonyl (C=O) groups is 2. The first-order chi connectivity index (χ1) is 11.3. The van der Waals surface area contributed by atoms with Crippen molar-refractivity contribution in [2.24, 2.45) is 0 Å². The van der Waals surface area contributed by atoms with Crippen molar-refractivity contribution in [1.29, 1.82) is 0 Å². The highest BCUT2D eigenvalue weighted by atomic mass is 16.5. The molecule has 2 aromatic rings. The number of nitrogens with zero attached hydrogens (tertiary/aromatic N) is 3. The van der Waals surface area contributed by atoms with Crippen LogP contribution in [0.5, 0.6) is 5.75 Å². The normalized spacial score (nSPS) is 18.3. The molecule has 0 aliphatic carbocycles. The van der Waals surface area contributed by atoms with Crippen LogP contribution in [0.4, 0.5) is 0 Å². The van der Waals surface area contributed by atoms with Gasteiger partial charge in [-0.1, -0.05) is 23.4 Å². The molecule has 0 spiro atoms. The standard InChI is InChI=1S/C16H18N4O4/c1-16(2)7-11(10-5-3-4-6-13(10)24-16)17-14(21)9-20-8-12(15(22)23)18-19-20/h3-6,8,11H,7,9H2,1-2H3,(H,17,21)(H,22,23). The van der Waals surface area contributed by atoms with Crippen LogP contribution in [0.15, 0.2) is 30.5 Å². The average Bonchev–Trinajstić information content (AvgIpc) is 2.94. The van der Waals surface area contributed by atoms with Crippen LogP contribution in [0.2, 0.25) is 0 Å². The third-order valence-electron chi connectivity index (χ3n) is 3.77. The van der Waals surface area contributed by atoms with Crippen molar-refractivity contribution in [2.75, 3.05) is 0 Å². The van der Waals surface area contributed by atoms with Crippen molar-refractivity contribution in [1.82, 2.24) is 20.3 Å². The highest BCUT2D eigenvalue weighted by Crippen LogP contribution is 2.39. The van der Waals surface area contributed by atoms with Crippen LogP contribution in [-0.4, -0.2) is 37.6 Å². The maximum absolute atomic E-state index is 12.3. The van der Waals surface area contributed by atoms with Crippen molar-refractivity contribution in [2.45, 2.75) is 38.5 Å². The predicted octanol–water partition coefficient (Wildman–Crippen LogP) is 1.39. The van der Waals surface area contributed by atoms with Crippen LogP contribution >= 0.6 is 0 Å². The van der Waals surface area contributed by atoms with Gasteiger partial charge in [-0.05, 0) is 19.9 Å². The van der Waals surface area contributed by atoms with Crippen LogP contribution in [-0.2, 0) is 11.3 Å². The van der Waals surface area contributed by atoms with Gasteiger partial charge in [-0.25, -0.2) is 9.48 Å². The molecule has 1 aliphatic rings. The van der Waals surface area contributed by atoms with E-state index in [0.29, 0.717) is 6.42 Å². The zero-order valence-electron chi connectivity index (χ0n) is 13.4. The van der Waals surface area contributed by atoms with Gasteiger partial charge in [0.2, 0.25) is 5.91 Å². The molecule has 0 saturated heterocycles. The number of fused-ring (bicyclic) bond motifs is 1. The molecule has 1 unspecified atom stereocenters. The minimum absolute atomic E-state index is 0.0970. The van der Waals surface area contributed by atoms with E-state index < -0.39 is 11.6 Å². The fourth-order valence-corrected chi connectivity index (χ4v) is 2.79. The lowest BCUT2D eigenvalue weighted by molar-refractivity contribution is -0.123. The number of ether oxygens (including phenoxy) is 1. The Morgan fingerprint density at radius 2 is 2.17 bits per heavy atom. The number of benzene rings is 1. The molecule has 0 fully saturated rings. The summed E-state index contributed by atoms with van der Waals surface area (Å²) in [6.45, 7) is 3.84. The number of carboxylic acid groups (broad SMARTS) is 1. The molecule has 24 heavy (non-hydrogen) atoms. The molecular weight excluding hydrogens is 312 g/mol. The largest absolute Gasteiger partial charge is 0.487 e. The van der Waals surface area contributed by atoms with E-state index in [1.165, 1.54) is 10.9 Å². The number of hydrogen-bond acceptors (Lipinski definition) is 5. The predicted molar refractivity (Wildman–Crippen MR) is 83.6 cm³/mol. The third-order valence-corrected chi connectivity index (χ3v) is 3.77. The number of hydrogen-bond donors (Lipinski definition) is 2. The van der Waals surface area contributed by atoms with E-state index in [2.05, 4.69) is 15.6 Å². The number of nitrogens with one attached hydrogen (secondary N) is 1. The van der Waals surface area contributed by atoms with E-state index >= 15 is 0 Å². The number of aromatic carboxylic acids is 1. The highest BCUT2D eigenvalue weighted by molar-refractivity contribution is 5.84. The van der Waals surface area contributed by atoms with E-state index in [-0.39, 0.29) is 24.2 Å². The number of aromatic nitrogens is 3. The summed E-state index contributed by atoms with van der Waals surface area (Å²) in [5.74, 6) is -0.691. The molecule has 8 nitrogen and oxygen atoms in total. The first kappa shape index (κ1) is 16.0. The Kier molecular flexibility index (Phi) is 3.96. The van der Waals surface area contributed by atoms with Gasteiger partial charge in [0.05, 0.1) is 12.2 Å². The molecule has 2 heterocycles. The van der Waals surface area contributed by atoms with Gasteiger partial charge in [0.1, 0.15) is 17.9 Å². The van der Waals surface area contributed by atoms with Crippen LogP contribution < -0.4 is 10.1 Å². The Hall–Kier alpha value is -2.90. The summed E-state index contributed by atoms with van der Waals surface area (Å²) < 4.78 is 7.14. The second kappa shape index (κ2) is 5.95. The molecule has 1 aromatic carbocycles. The fourth-order valence-electron chi connectivity index (χ4n) is 2.79. The van der Waals surface area contributed by atoms with Crippen LogP contribution in [0, 0.1) is 0 Å². The fraction of sp³-hybridized carbons (Fsp3) is 0.375. The lowest BCUT2D eigenvalue weighted by atomic mass is 9.89. The minimum atomic E-state index is -1.18. The smallest absolute Gasteiger partial charge is 0.358 e. The summed E-state index contributed by atoms with van der Waals surface area (Å²) >= 11 is 0. The van der Waals surface area contributed by atoms with Gasteiger partial charge in [0.25, 0.3) is 0 Å². The van der Waals surface area contributed by atoms with Gasteiger partial charge in [-0.15, -0.1) is 5.10 Å². The van der Waals surface area contributed by atoms with Crippen molar-refractivity contribution in [3.63, 3.8) is 0 Å². The number of carbonyl (C=O) groups excluding carboxylic acids is 1. The third kappa shape index (κ3) is 3.37. The Morgan fingerprint density at radius 3 is 2.88 bits per heavy atom. The summed E-state index contributed by atoms with van der Waals surface area (Å²) in [6, 6.07) is 7.41. The number of carboxylic acids is 1. The van der Waals surface area contributed by atoms with E-state index in [9.17, 15) is 9.59 Å². The van der Waals surface area contributed by atoms with Crippen LogP contribution in [0.3, 0.4) is 0 Å². The van der Waals surface area contributed by atoms with Gasteiger partial charge < -0.3 is 15.2 Å². The van der Waals surface area contributed by atoms with Gasteiger partial charge >= 0.3 is 5.97 Å². The first-order valence-corrected chi connectivity index (χ1v) is 7.55. The van der Waals surface area contributed by atoms with E-state index in [4.69, 9.17) is 9.84 Å². The van der Waals surface area contributed by atoms with Crippen molar-refractivity contribution >= 4 is 11.9 Å². The van der Waals surface area contributed by atoms with Crippen molar-refractivity contribution < 1.29 is 19.4 Å². The van der Waals surface area contributed by atoms with Crippen LogP contribution in [0.25, 0.3) is 0 Å². The molecule has 1 aliphatic heterocycles. The Labute approximate surface area is 138 Å². The lowest BCUT2D eigenvalue weighted by Crippen LogP contribution is -2.42. The molecular formula is C16H18N4O4. The van der Waals surface area contributed by atoms with Crippen molar-refractivity contribution in [3.8, 4) is 5.75 Å². The molecule has 2 N–H and O–H groups in total. The maximum atomic E-state index is 12.3. The number of amides is 1. The number of para-hydroxylation sites is 1. The maximum Gasteiger partial charge on any atom is 0.358 e. The molecule has 0 saturated carbocycles.